The number of ether oxygens (including phenoxy) is 1. The molecule has 0 fully saturated rings. The van der Waals surface area contributed by atoms with Crippen molar-refractivity contribution in [1.29, 1.82) is 0 Å². The summed E-state index contributed by atoms with van der Waals surface area (Å²) in [4.78, 5) is 28.7. The molecule has 1 aliphatic heterocycles. The predicted octanol–water partition coefficient (Wildman–Crippen LogP) is 0.939. The zero-order valence-electron chi connectivity index (χ0n) is 12.3. The van der Waals surface area contributed by atoms with Crippen molar-refractivity contribution in [3.63, 3.8) is 0 Å². The van der Waals surface area contributed by atoms with Crippen molar-refractivity contribution in [3.05, 3.63) is 46.4 Å². The third kappa shape index (κ3) is 3.38. The molecule has 8 heteroatoms. The number of carbonyl (C=O) groups is 1. The third-order valence-electron chi connectivity index (χ3n) is 3.30. The van der Waals surface area contributed by atoms with E-state index in [1.54, 1.807) is 24.3 Å². The van der Waals surface area contributed by atoms with E-state index in [1.807, 2.05) is 0 Å². The van der Waals surface area contributed by atoms with Gasteiger partial charge in [0.1, 0.15) is 17.9 Å². The minimum Gasteiger partial charge on any atom is -0.492 e. The van der Waals surface area contributed by atoms with Gasteiger partial charge in [-0.25, -0.2) is 4.98 Å². The molecule has 1 aliphatic rings. The highest BCUT2D eigenvalue weighted by Crippen LogP contribution is 2.21. The van der Waals surface area contributed by atoms with Gasteiger partial charge in [-0.2, -0.15) is 0 Å². The number of rotatable bonds is 5. The largest absolute Gasteiger partial charge is 0.492 e. The number of fused-ring (bicyclic) bond motifs is 1. The van der Waals surface area contributed by atoms with E-state index in [9.17, 15) is 9.59 Å². The van der Waals surface area contributed by atoms with Crippen LogP contribution in [0.1, 0.15) is 10.4 Å². The molecule has 0 spiro atoms. The molecule has 0 saturated carbocycles. The molecule has 120 valence electrons. The van der Waals surface area contributed by atoms with E-state index in [0.29, 0.717) is 36.3 Å². The molecule has 1 amide bonds. The van der Waals surface area contributed by atoms with Crippen molar-refractivity contribution in [2.45, 2.75) is 11.7 Å². The maximum Gasteiger partial charge on any atom is 0.267 e. The lowest BCUT2D eigenvalue weighted by atomic mass is 10.2. The molecule has 2 heterocycles. The molecule has 3 rings (SSSR count). The molecular weight excluding hydrogens is 316 g/mol. The molecule has 7 nitrogen and oxygen atoms in total. The van der Waals surface area contributed by atoms with E-state index in [2.05, 4.69) is 10.3 Å². The van der Waals surface area contributed by atoms with E-state index >= 15 is 0 Å². The number of aromatic nitrogens is 2. The Morgan fingerprint density at radius 3 is 2.91 bits per heavy atom. The van der Waals surface area contributed by atoms with Gasteiger partial charge < -0.3 is 15.8 Å². The first-order valence-electron chi connectivity index (χ1n) is 7.16. The van der Waals surface area contributed by atoms with Crippen molar-refractivity contribution in [2.75, 3.05) is 24.2 Å². The zero-order chi connectivity index (χ0) is 16.2. The first-order chi connectivity index (χ1) is 11.2. The highest BCUT2D eigenvalue weighted by atomic mass is 32.2. The summed E-state index contributed by atoms with van der Waals surface area (Å²) >= 11 is 1.51. The van der Waals surface area contributed by atoms with Crippen molar-refractivity contribution >= 4 is 23.4 Å². The second kappa shape index (κ2) is 6.84. The van der Waals surface area contributed by atoms with Crippen molar-refractivity contribution in [3.8, 4) is 5.75 Å². The van der Waals surface area contributed by atoms with Crippen molar-refractivity contribution < 1.29 is 9.53 Å². The summed E-state index contributed by atoms with van der Waals surface area (Å²) in [5.41, 5.74) is 5.68. The zero-order valence-corrected chi connectivity index (χ0v) is 13.1. The summed E-state index contributed by atoms with van der Waals surface area (Å²) in [6, 6.07) is 6.88. The topological polar surface area (TPSA) is 99.2 Å². The van der Waals surface area contributed by atoms with Gasteiger partial charge in [0.05, 0.1) is 0 Å². The average Bonchev–Trinajstić information content (AvgIpc) is 3.04. The van der Waals surface area contributed by atoms with Gasteiger partial charge in [0.15, 0.2) is 5.16 Å². The molecule has 0 atom stereocenters. The third-order valence-corrected chi connectivity index (χ3v) is 4.27. The van der Waals surface area contributed by atoms with Crippen LogP contribution in [0.5, 0.6) is 5.75 Å². The van der Waals surface area contributed by atoms with E-state index in [1.165, 1.54) is 22.5 Å². The summed E-state index contributed by atoms with van der Waals surface area (Å²) in [5.74, 6) is 1.01. The number of nitrogens with two attached hydrogens (primary N) is 1. The summed E-state index contributed by atoms with van der Waals surface area (Å²) in [6.07, 6.45) is 1.33. The normalized spacial score (nSPS) is 12.7. The molecule has 0 radical (unpaired) electrons. The number of hydrogen-bond acceptors (Lipinski definition) is 6. The lowest BCUT2D eigenvalue weighted by molar-refractivity contribution is 0.102. The number of hydrogen-bond donors (Lipinski definition) is 2. The molecule has 0 saturated heterocycles. The number of nitrogens with one attached hydrogen (secondary N) is 1. The number of carbonyl (C=O) groups excluding carboxylic acids is 1. The number of anilines is 1. The molecule has 1 aromatic heterocycles. The van der Waals surface area contributed by atoms with Crippen molar-refractivity contribution in [1.82, 2.24) is 9.55 Å². The minimum absolute atomic E-state index is 0.0414. The predicted molar refractivity (Wildman–Crippen MR) is 88.2 cm³/mol. The Labute approximate surface area is 136 Å². The standard InChI is InChI=1S/C15H16N4O3S/c16-5-7-22-11-3-1-10(2-4-11)18-13(20)12-9-17-15-19(14(12)21)6-8-23-15/h1-4,9H,5-8,16H2,(H,18,20). The molecule has 0 aliphatic carbocycles. The second-order valence-electron chi connectivity index (χ2n) is 4.88. The summed E-state index contributed by atoms with van der Waals surface area (Å²) in [6.45, 7) is 1.45. The van der Waals surface area contributed by atoms with E-state index in [-0.39, 0.29) is 11.1 Å². The van der Waals surface area contributed by atoms with Gasteiger partial charge >= 0.3 is 0 Å². The second-order valence-corrected chi connectivity index (χ2v) is 5.94. The van der Waals surface area contributed by atoms with Crippen LogP contribution in [0.4, 0.5) is 5.69 Å². The Hall–Kier alpha value is -2.32. The molecule has 2 aromatic rings. The van der Waals surface area contributed by atoms with E-state index in [4.69, 9.17) is 10.5 Å². The fourth-order valence-corrected chi connectivity index (χ4v) is 3.10. The summed E-state index contributed by atoms with van der Waals surface area (Å²) in [7, 11) is 0. The fourth-order valence-electron chi connectivity index (χ4n) is 2.18. The van der Waals surface area contributed by atoms with Crippen LogP contribution in [0.2, 0.25) is 0 Å². The van der Waals surface area contributed by atoms with Gasteiger partial charge in [0.25, 0.3) is 11.5 Å². The summed E-state index contributed by atoms with van der Waals surface area (Å²) in [5, 5.41) is 3.35. The quantitative estimate of drug-likeness (QED) is 0.791. The molecule has 0 bridgehead atoms. The average molecular weight is 332 g/mol. The van der Waals surface area contributed by atoms with Crippen LogP contribution >= 0.6 is 11.8 Å². The minimum atomic E-state index is -0.467. The van der Waals surface area contributed by atoms with Gasteiger partial charge in [0.2, 0.25) is 0 Å². The Bertz CT molecular complexity index is 773. The van der Waals surface area contributed by atoms with Crippen LogP contribution in [0.3, 0.4) is 0 Å². The molecular formula is C15H16N4O3S. The van der Waals surface area contributed by atoms with Crippen molar-refractivity contribution in [2.24, 2.45) is 5.73 Å². The fraction of sp³-hybridized carbons (Fsp3) is 0.267. The smallest absolute Gasteiger partial charge is 0.267 e. The monoisotopic (exact) mass is 332 g/mol. The number of amides is 1. The Balaban J connectivity index is 1.73. The number of thioether (sulfide) groups is 1. The van der Waals surface area contributed by atoms with Gasteiger partial charge in [-0.1, -0.05) is 11.8 Å². The van der Waals surface area contributed by atoms with E-state index < -0.39 is 5.91 Å². The van der Waals surface area contributed by atoms with Gasteiger partial charge in [-0.05, 0) is 24.3 Å². The maximum atomic E-state index is 12.3. The SMILES string of the molecule is NCCOc1ccc(NC(=O)c2cnc3n(c2=O)CCS3)cc1. The van der Waals surface area contributed by atoms with Crippen LogP contribution in [0, 0.1) is 0 Å². The van der Waals surface area contributed by atoms with Crippen LogP contribution in [-0.4, -0.2) is 34.4 Å². The highest BCUT2D eigenvalue weighted by molar-refractivity contribution is 7.99. The summed E-state index contributed by atoms with van der Waals surface area (Å²) < 4.78 is 6.90. The highest BCUT2D eigenvalue weighted by Gasteiger charge is 2.19. The van der Waals surface area contributed by atoms with Gasteiger partial charge in [-0.3, -0.25) is 14.2 Å². The van der Waals surface area contributed by atoms with E-state index in [0.717, 1.165) is 5.75 Å². The van der Waals surface area contributed by atoms with Crippen LogP contribution in [0.15, 0.2) is 40.4 Å². The van der Waals surface area contributed by atoms with Crippen LogP contribution in [-0.2, 0) is 6.54 Å². The maximum absolute atomic E-state index is 12.3. The molecule has 23 heavy (non-hydrogen) atoms. The molecule has 1 aromatic carbocycles. The molecule has 3 N–H and O–H groups in total. The van der Waals surface area contributed by atoms with Gasteiger partial charge in [0, 0.05) is 30.7 Å². The number of benzene rings is 1. The lowest BCUT2D eigenvalue weighted by Crippen LogP contribution is -2.29. The van der Waals surface area contributed by atoms with Crippen LogP contribution < -0.4 is 21.3 Å². The Morgan fingerprint density at radius 1 is 1.39 bits per heavy atom. The lowest BCUT2D eigenvalue weighted by Gasteiger charge is -2.08. The molecule has 0 unspecified atom stereocenters. The first kappa shape index (κ1) is 15.6. The Kier molecular flexibility index (Phi) is 4.63. The first-order valence-corrected chi connectivity index (χ1v) is 8.14. The Morgan fingerprint density at radius 2 is 2.17 bits per heavy atom. The van der Waals surface area contributed by atoms with Gasteiger partial charge in [-0.15, -0.1) is 0 Å². The number of nitrogens with zero attached hydrogens (tertiary/aromatic N) is 2. The van der Waals surface area contributed by atoms with Crippen LogP contribution in [0.25, 0.3) is 0 Å².